The van der Waals surface area contributed by atoms with Crippen molar-refractivity contribution < 1.29 is 4.42 Å². The van der Waals surface area contributed by atoms with E-state index in [1.165, 1.54) is 4.68 Å². The fourth-order valence-corrected chi connectivity index (χ4v) is 5.40. The summed E-state index contributed by atoms with van der Waals surface area (Å²) < 4.78 is 9.13. The molecule has 0 saturated heterocycles. The van der Waals surface area contributed by atoms with E-state index >= 15 is 0 Å². The van der Waals surface area contributed by atoms with Gasteiger partial charge in [0.2, 0.25) is 0 Å². The van der Waals surface area contributed by atoms with E-state index in [1.807, 2.05) is 91.3 Å². The maximum atomic E-state index is 13.0. The summed E-state index contributed by atoms with van der Waals surface area (Å²) in [5.74, 6) is -0.418. The zero-order chi connectivity index (χ0) is 28.6. The molecule has 8 nitrogen and oxygen atoms in total. The molecule has 0 amide bonds. The first kappa shape index (κ1) is 26.0. The van der Waals surface area contributed by atoms with Crippen LogP contribution in [0, 0.1) is 0 Å². The third-order valence-corrected chi connectivity index (χ3v) is 7.51. The van der Waals surface area contributed by atoms with Crippen LogP contribution in [0.25, 0.3) is 45.0 Å². The molecule has 1 N–H and O–H groups in total. The second-order valence-corrected chi connectivity index (χ2v) is 10.7. The predicted molar refractivity (Wildman–Crippen MR) is 164 cm³/mol. The van der Waals surface area contributed by atoms with E-state index < -0.39 is 5.76 Å². The lowest BCUT2D eigenvalue weighted by Gasteiger charge is -2.12. The Morgan fingerprint density at radius 3 is 2.45 bits per heavy atom. The third-order valence-electron chi connectivity index (χ3n) is 7.02. The number of fused-ring (bicyclic) bond motifs is 1. The van der Waals surface area contributed by atoms with Gasteiger partial charge in [0, 0.05) is 51.0 Å². The molecule has 7 aromatic rings. The lowest BCUT2D eigenvalue weighted by atomic mass is 10.0. The van der Waals surface area contributed by atoms with Gasteiger partial charge in [-0.25, -0.2) is 9.78 Å². The fourth-order valence-electron chi connectivity index (χ4n) is 5.11. The first-order valence-electron chi connectivity index (χ1n) is 13.2. The molecule has 206 valence electrons. The molecule has 0 fully saturated rings. The van der Waals surface area contributed by atoms with Crippen molar-refractivity contribution in [3.8, 4) is 34.1 Å². The highest BCUT2D eigenvalue weighted by molar-refractivity contribution is 6.31. The second kappa shape index (κ2) is 10.8. The molecule has 0 aliphatic carbocycles. The van der Waals surface area contributed by atoms with Crippen molar-refractivity contribution in [2.45, 2.75) is 13.1 Å². The monoisotopic (exact) mass is 592 g/mol. The molecule has 0 atom stereocenters. The van der Waals surface area contributed by atoms with E-state index in [1.54, 1.807) is 12.4 Å². The number of imidazole rings is 1. The van der Waals surface area contributed by atoms with Crippen LogP contribution in [0.4, 0.5) is 0 Å². The van der Waals surface area contributed by atoms with E-state index in [4.69, 9.17) is 32.6 Å². The molecule has 0 saturated carbocycles. The van der Waals surface area contributed by atoms with Crippen LogP contribution >= 0.6 is 23.2 Å². The smallest absolute Gasteiger partial charge is 0.386 e. The number of hydrogen-bond acceptors (Lipinski definition) is 5. The maximum Gasteiger partial charge on any atom is 0.437 e. The molecule has 0 spiro atoms. The lowest BCUT2D eigenvalue weighted by Crippen LogP contribution is -2.16. The van der Waals surface area contributed by atoms with Crippen LogP contribution in [0.2, 0.25) is 10.0 Å². The SMILES string of the molecule is O=c1oc(-c2[nH]c3cc(Cl)ccc3c2-c2c(-c3ccccc3)ncn2Cc2ccc(Cl)cc2)nn1Cc1cccnc1. The van der Waals surface area contributed by atoms with E-state index in [2.05, 4.69) is 19.6 Å². The highest BCUT2D eigenvalue weighted by atomic mass is 35.5. The summed E-state index contributed by atoms with van der Waals surface area (Å²) in [6, 6.07) is 27.0. The molecule has 7 rings (SSSR count). The Balaban J connectivity index is 1.45. The van der Waals surface area contributed by atoms with Gasteiger partial charge in [-0.1, -0.05) is 77.8 Å². The standard InChI is InChI=1S/C32H22Cl2N6O2/c33-23-10-8-20(9-11-23)17-39-19-36-28(22-6-2-1-3-7-22)30(39)27-25-13-12-24(34)15-26(25)37-29(27)31-38-40(32(41)42-31)18-21-5-4-14-35-16-21/h1-16,19,37H,17-18H2. The van der Waals surface area contributed by atoms with Gasteiger partial charge in [-0.15, -0.1) is 5.10 Å². The molecule has 0 bridgehead atoms. The summed E-state index contributed by atoms with van der Waals surface area (Å²) in [6.45, 7) is 0.757. The Hall–Kier alpha value is -4.92. The molecular weight excluding hydrogens is 571 g/mol. The first-order valence-corrected chi connectivity index (χ1v) is 13.9. The van der Waals surface area contributed by atoms with Crippen LogP contribution in [0.15, 0.2) is 113 Å². The minimum atomic E-state index is -0.575. The van der Waals surface area contributed by atoms with Crippen molar-refractivity contribution in [3.05, 3.63) is 135 Å². The zero-order valence-electron chi connectivity index (χ0n) is 22.0. The topological polar surface area (TPSA) is 94.5 Å². The number of halogens is 2. The van der Waals surface area contributed by atoms with Gasteiger partial charge in [0.1, 0.15) is 5.69 Å². The number of nitrogens with zero attached hydrogens (tertiary/aromatic N) is 5. The summed E-state index contributed by atoms with van der Waals surface area (Å²) in [6.07, 6.45) is 5.19. The van der Waals surface area contributed by atoms with Gasteiger partial charge in [0.25, 0.3) is 5.89 Å². The lowest BCUT2D eigenvalue weighted by molar-refractivity contribution is 0.494. The molecule has 0 aliphatic rings. The Morgan fingerprint density at radius 1 is 0.857 bits per heavy atom. The average molecular weight is 593 g/mol. The molecule has 4 aromatic heterocycles. The van der Waals surface area contributed by atoms with E-state index in [0.717, 1.165) is 44.5 Å². The van der Waals surface area contributed by atoms with Crippen LogP contribution in [0.5, 0.6) is 0 Å². The summed E-state index contributed by atoms with van der Waals surface area (Å²) in [5, 5.41) is 6.72. The average Bonchev–Trinajstić information content (AvgIpc) is 3.69. The largest absolute Gasteiger partial charge is 0.437 e. The number of aromatic nitrogens is 6. The van der Waals surface area contributed by atoms with Crippen molar-refractivity contribution in [1.82, 2.24) is 29.3 Å². The highest BCUT2D eigenvalue weighted by Gasteiger charge is 2.26. The molecule has 0 radical (unpaired) electrons. The molecule has 42 heavy (non-hydrogen) atoms. The van der Waals surface area contributed by atoms with Gasteiger partial charge in [-0.3, -0.25) is 4.98 Å². The van der Waals surface area contributed by atoms with Crippen LogP contribution in [-0.4, -0.2) is 29.3 Å². The number of pyridine rings is 1. The quantitative estimate of drug-likeness (QED) is 0.209. The van der Waals surface area contributed by atoms with Crippen LogP contribution in [-0.2, 0) is 13.1 Å². The number of hydrogen-bond donors (Lipinski definition) is 1. The Bertz CT molecular complexity index is 2080. The van der Waals surface area contributed by atoms with Crippen molar-refractivity contribution in [3.63, 3.8) is 0 Å². The molecule has 10 heteroatoms. The molecule has 0 unspecified atom stereocenters. The summed E-state index contributed by atoms with van der Waals surface area (Å²) in [7, 11) is 0. The zero-order valence-corrected chi connectivity index (χ0v) is 23.5. The van der Waals surface area contributed by atoms with Gasteiger partial charge >= 0.3 is 5.76 Å². The van der Waals surface area contributed by atoms with Crippen LogP contribution < -0.4 is 5.76 Å². The summed E-state index contributed by atoms with van der Waals surface area (Å²) in [4.78, 5) is 25.4. The van der Waals surface area contributed by atoms with Crippen LogP contribution in [0.3, 0.4) is 0 Å². The third kappa shape index (κ3) is 4.91. The molecular formula is C32H22Cl2N6O2. The normalized spacial score (nSPS) is 11.4. The van der Waals surface area contributed by atoms with Gasteiger partial charge in [-0.2, -0.15) is 4.68 Å². The van der Waals surface area contributed by atoms with Gasteiger partial charge in [0.05, 0.1) is 24.3 Å². The van der Waals surface area contributed by atoms with Crippen molar-refractivity contribution in [2.75, 3.05) is 0 Å². The van der Waals surface area contributed by atoms with Gasteiger partial charge < -0.3 is 14.0 Å². The van der Waals surface area contributed by atoms with Crippen molar-refractivity contribution in [2.24, 2.45) is 0 Å². The van der Waals surface area contributed by atoms with E-state index in [0.29, 0.717) is 22.3 Å². The number of aromatic amines is 1. The summed E-state index contributed by atoms with van der Waals surface area (Å²) >= 11 is 12.6. The van der Waals surface area contributed by atoms with Gasteiger partial charge in [-0.05, 0) is 41.5 Å². The second-order valence-electron chi connectivity index (χ2n) is 9.82. The molecule has 4 heterocycles. The predicted octanol–water partition coefficient (Wildman–Crippen LogP) is 7.31. The van der Waals surface area contributed by atoms with E-state index in [-0.39, 0.29) is 12.4 Å². The Kier molecular flexibility index (Phi) is 6.70. The fraction of sp³-hybridized carbons (Fsp3) is 0.0625. The van der Waals surface area contributed by atoms with Crippen molar-refractivity contribution >= 4 is 34.1 Å². The van der Waals surface area contributed by atoms with Gasteiger partial charge in [0.15, 0.2) is 0 Å². The minimum Gasteiger partial charge on any atom is -0.386 e. The number of rotatable bonds is 7. The Morgan fingerprint density at radius 2 is 1.67 bits per heavy atom. The maximum absolute atomic E-state index is 13.0. The van der Waals surface area contributed by atoms with Crippen LogP contribution in [0.1, 0.15) is 11.1 Å². The number of benzene rings is 3. The number of nitrogens with one attached hydrogen (secondary N) is 1. The summed E-state index contributed by atoms with van der Waals surface area (Å²) in [5.41, 5.74) is 6.55. The molecule has 0 aliphatic heterocycles. The van der Waals surface area contributed by atoms with Crippen molar-refractivity contribution in [1.29, 1.82) is 0 Å². The van der Waals surface area contributed by atoms with E-state index in [9.17, 15) is 4.79 Å². The number of H-pyrrole nitrogens is 1. The highest BCUT2D eigenvalue weighted by Crippen LogP contribution is 2.42. The minimum absolute atomic E-state index is 0.157. The Labute approximate surface area is 249 Å². The first-order chi connectivity index (χ1) is 20.5. The molecule has 3 aromatic carbocycles.